The van der Waals surface area contributed by atoms with E-state index in [0.29, 0.717) is 5.95 Å². The number of rotatable bonds is 8. The second-order valence-electron chi connectivity index (χ2n) is 6.53. The van der Waals surface area contributed by atoms with E-state index < -0.39 is 17.4 Å². The van der Waals surface area contributed by atoms with Gasteiger partial charge in [0.15, 0.2) is 11.2 Å². The van der Waals surface area contributed by atoms with Gasteiger partial charge in [-0.05, 0) is 27.2 Å². The highest BCUT2D eigenvalue weighted by atomic mass is 16.5. The summed E-state index contributed by atoms with van der Waals surface area (Å²) in [7, 11) is 1.54. The Hall–Kier alpha value is -2.13. The van der Waals surface area contributed by atoms with Gasteiger partial charge in [-0.3, -0.25) is 14.3 Å². The first-order valence-electron chi connectivity index (χ1n) is 8.50. The average molecular weight is 353 g/mol. The van der Waals surface area contributed by atoms with Gasteiger partial charge in [0.25, 0.3) is 5.56 Å². The first-order chi connectivity index (χ1) is 11.7. The predicted molar refractivity (Wildman–Crippen MR) is 96.1 cm³/mol. The normalized spacial score (nSPS) is 14.2. The molecule has 2 atom stereocenters. The van der Waals surface area contributed by atoms with Crippen LogP contribution in [0.5, 0.6) is 0 Å². The molecule has 0 saturated heterocycles. The largest absolute Gasteiger partial charge is 0.389 e. The van der Waals surface area contributed by atoms with Crippen LogP contribution in [0.1, 0.15) is 34.1 Å². The molecule has 2 heterocycles. The first-order valence-corrected chi connectivity index (χ1v) is 8.50. The van der Waals surface area contributed by atoms with Crippen LogP contribution in [0, 0.1) is 0 Å². The molecule has 0 aliphatic heterocycles. The first kappa shape index (κ1) is 19.2. The highest BCUT2D eigenvalue weighted by molar-refractivity contribution is 5.74. The Morgan fingerprint density at radius 1 is 1.32 bits per heavy atom. The van der Waals surface area contributed by atoms with Crippen molar-refractivity contribution >= 4 is 17.1 Å². The number of aromatic nitrogens is 4. The third-order valence-electron chi connectivity index (χ3n) is 4.01. The minimum Gasteiger partial charge on any atom is -0.389 e. The number of fused-ring (bicyclic) bond motifs is 1. The molecule has 0 spiro atoms. The van der Waals surface area contributed by atoms with Crippen LogP contribution < -0.4 is 16.6 Å². The van der Waals surface area contributed by atoms with Gasteiger partial charge >= 0.3 is 5.69 Å². The number of H-pyrrole nitrogens is 1. The van der Waals surface area contributed by atoms with E-state index in [1.165, 1.54) is 4.57 Å². The van der Waals surface area contributed by atoms with Crippen LogP contribution in [0.25, 0.3) is 11.2 Å². The Labute approximate surface area is 145 Å². The van der Waals surface area contributed by atoms with Gasteiger partial charge in [0.2, 0.25) is 5.95 Å². The van der Waals surface area contributed by atoms with Gasteiger partial charge in [-0.25, -0.2) is 4.79 Å². The topological polar surface area (TPSA) is 114 Å². The second kappa shape index (κ2) is 7.83. The van der Waals surface area contributed by atoms with Crippen molar-refractivity contribution in [1.29, 1.82) is 0 Å². The number of aromatic amines is 1. The second-order valence-corrected chi connectivity index (χ2v) is 6.53. The molecule has 0 aromatic carbocycles. The van der Waals surface area contributed by atoms with Crippen molar-refractivity contribution < 1.29 is 9.84 Å². The summed E-state index contributed by atoms with van der Waals surface area (Å²) in [6, 6.07) is 0.121. The van der Waals surface area contributed by atoms with Crippen molar-refractivity contribution in [1.82, 2.24) is 19.1 Å². The molecule has 0 aliphatic rings. The summed E-state index contributed by atoms with van der Waals surface area (Å²) < 4.78 is 8.32. The van der Waals surface area contributed by atoms with Crippen LogP contribution in [0.15, 0.2) is 9.59 Å². The lowest BCUT2D eigenvalue weighted by Crippen LogP contribution is -2.31. The van der Waals surface area contributed by atoms with Crippen LogP contribution in [0.3, 0.4) is 0 Å². The zero-order chi connectivity index (χ0) is 18.7. The third kappa shape index (κ3) is 4.29. The molecule has 2 aromatic heterocycles. The van der Waals surface area contributed by atoms with Gasteiger partial charge in [0, 0.05) is 13.1 Å². The summed E-state index contributed by atoms with van der Waals surface area (Å²) in [6.07, 6.45) is 0.0439. The standard InChI is InChI=1S/C16H27N5O4/c1-6-10(4)17-15-18-13-12(14(23)19-16(24)20(13)5)21(15)7-11(22)8-25-9(2)3/h9-11,22H,6-8H2,1-5H3,(H,17,18)(H,19,23,24). The Balaban J connectivity index is 2.50. The summed E-state index contributed by atoms with van der Waals surface area (Å²) >= 11 is 0. The molecule has 0 amide bonds. The number of aryl methyl sites for hydroxylation is 1. The average Bonchev–Trinajstić information content (AvgIpc) is 2.89. The molecule has 2 rings (SSSR count). The third-order valence-corrected chi connectivity index (χ3v) is 4.01. The summed E-state index contributed by atoms with van der Waals surface area (Å²) in [6.45, 7) is 8.06. The van der Waals surface area contributed by atoms with Crippen LogP contribution in [0.4, 0.5) is 5.95 Å². The van der Waals surface area contributed by atoms with Gasteiger partial charge < -0.3 is 19.7 Å². The molecule has 3 N–H and O–H groups in total. The van der Waals surface area contributed by atoms with Crippen molar-refractivity contribution in [3.05, 3.63) is 20.8 Å². The predicted octanol–water partition coefficient (Wildman–Crippen LogP) is 0.420. The number of anilines is 1. The van der Waals surface area contributed by atoms with Crippen molar-refractivity contribution in [3.8, 4) is 0 Å². The van der Waals surface area contributed by atoms with E-state index >= 15 is 0 Å². The smallest absolute Gasteiger partial charge is 0.329 e. The molecule has 2 unspecified atom stereocenters. The summed E-state index contributed by atoms with van der Waals surface area (Å²) in [5, 5.41) is 13.5. The summed E-state index contributed by atoms with van der Waals surface area (Å²) in [5.74, 6) is 0.444. The van der Waals surface area contributed by atoms with E-state index in [1.807, 2.05) is 27.7 Å². The van der Waals surface area contributed by atoms with Crippen molar-refractivity contribution in [2.45, 2.75) is 58.9 Å². The number of nitrogens with one attached hydrogen (secondary N) is 2. The number of ether oxygens (including phenoxy) is 1. The zero-order valence-electron chi connectivity index (χ0n) is 15.4. The molecule has 0 aliphatic carbocycles. The van der Waals surface area contributed by atoms with Crippen molar-refractivity contribution in [2.24, 2.45) is 7.05 Å². The molecule has 0 bridgehead atoms. The molecule has 0 saturated carbocycles. The van der Waals surface area contributed by atoms with Gasteiger partial charge in [0.1, 0.15) is 0 Å². The van der Waals surface area contributed by atoms with E-state index in [0.717, 1.165) is 6.42 Å². The van der Waals surface area contributed by atoms with E-state index in [4.69, 9.17) is 4.74 Å². The molecule has 25 heavy (non-hydrogen) atoms. The fourth-order valence-corrected chi connectivity index (χ4v) is 2.41. The quantitative estimate of drug-likeness (QED) is 0.634. The maximum atomic E-state index is 12.3. The van der Waals surface area contributed by atoms with Crippen LogP contribution in [0.2, 0.25) is 0 Å². The Morgan fingerprint density at radius 2 is 2.00 bits per heavy atom. The van der Waals surface area contributed by atoms with Crippen molar-refractivity contribution in [2.75, 3.05) is 11.9 Å². The molecule has 9 heteroatoms. The van der Waals surface area contributed by atoms with Crippen LogP contribution in [-0.2, 0) is 18.3 Å². The van der Waals surface area contributed by atoms with Crippen molar-refractivity contribution in [3.63, 3.8) is 0 Å². The van der Waals surface area contributed by atoms with E-state index in [9.17, 15) is 14.7 Å². The lowest BCUT2D eigenvalue weighted by molar-refractivity contribution is -0.000114. The summed E-state index contributed by atoms with van der Waals surface area (Å²) in [5.41, 5.74) is -0.534. The highest BCUT2D eigenvalue weighted by Crippen LogP contribution is 2.17. The van der Waals surface area contributed by atoms with Crippen LogP contribution in [-0.4, -0.2) is 49.1 Å². The van der Waals surface area contributed by atoms with Crippen LogP contribution >= 0.6 is 0 Å². The zero-order valence-corrected chi connectivity index (χ0v) is 15.4. The minimum absolute atomic E-state index is 0.00360. The van der Waals surface area contributed by atoms with Gasteiger partial charge in [-0.15, -0.1) is 0 Å². The van der Waals surface area contributed by atoms with E-state index in [-0.39, 0.29) is 36.5 Å². The lowest BCUT2D eigenvalue weighted by atomic mass is 10.3. The fraction of sp³-hybridized carbons (Fsp3) is 0.688. The Bertz CT molecular complexity index is 835. The molecular weight excluding hydrogens is 326 g/mol. The Kier molecular flexibility index (Phi) is 6.02. The molecular formula is C16H27N5O4. The van der Waals surface area contributed by atoms with Gasteiger partial charge in [0.05, 0.1) is 25.4 Å². The summed E-state index contributed by atoms with van der Waals surface area (Å²) in [4.78, 5) is 30.8. The maximum Gasteiger partial charge on any atom is 0.329 e. The SMILES string of the molecule is CCC(C)Nc1nc2c(c(=O)[nH]c(=O)n2C)n1CC(O)COC(C)C. The monoisotopic (exact) mass is 353 g/mol. The number of nitrogens with zero attached hydrogens (tertiary/aromatic N) is 3. The number of hydrogen-bond donors (Lipinski definition) is 3. The number of aliphatic hydroxyl groups excluding tert-OH is 1. The number of aliphatic hydroxyl groups is 1. The van der Waals surface area contributed by atoms with Gasteiger partial charge in [-0.2, -0.15) is 4.98 Å². The molecule has 0 radical (unpaired) electrons. The number of hydrogen-bond acceptors (Lipinski definition) is 6. The lowest BCUT2D eigenvalue weighted by Gasteiger charge is -2.18. The molecule has 2 aromatic rings. The van der Waals surface area contributed by atoms with E-state index in [1.54, 1.807) is 11.6 Å². The Morgan fingerprint density at radius 3 is 2.60 bits per heavy atom. The maximum absolute atomic E-state index is 12.3. The molecule has 0 fully saturated rings. The van der Waals surface area contributed by atoms with Gasteiger partial charge in [-0.1, -0.05) is 6.92 Å². The van der Waals surface area contributed by atoms with E-state index in [2.05, 4.69) is 15.3 Å². The molecule has 140 valence electrons. The minimum atomic E-state index is -0.811. The highest BCUT2D eigenvalue weighted by Gasteiger charge is 2.20. The number of imidazole rings is 1. The molecule has 9 nitrogen and oxygen atoms in total. The fourth-order valence-electron chi connectivity index (χ4n) is 2.41.